The molecule has 0 unspecified atom stereocenters. The van der Waals surface area contributed by atoms with Crippen molar-refractivity contribution in [2.24, 2.45) is 5.92 Å². The molecule has 0 atom stereocenters. The Bertz CT molecular complexity index is 933. The SMILES string of the molecule is CC.COC(=O)c1sc(-c2cccc(NCC3CCCCC3)c2)c(Br)c1OCC=O.COC(C)(C)C. The lowest BCUT2D eigenvalue weighted by Gasteiger charge is -2.22. The molecule has 0 spiro atoms. The monoisotopic (exact) mass is 583 g/mol. The van der Waals surface area contributed by atoms with Crippen LogP contribution in [0.3, 0.4) is 0 Å². The Balaban J connectivity index is 0.000000710. The van der Waals surface area contributed by atoms with Gasteiger partial charge in [0.05, 0.1) is 22.1 Å². The number of methoxy groups -OCH3 is 2. The first-order chi connectivity index (χ1) is 17.2. The topological polar surface area (TPSA) is 73.9 Å². The molecule has 6 nitrogen and oxygen atoms in total. The summed E-state index contributed by atoms with van der Waals surface area (Å²) in [5.74, 6) is 0.601. The Morgan fingerprint density at radius 1 is 1.17 bits per heavy atom. The molecular weight excluding hydrogens is 542 g/mol. The molecule has 1 aliphatic rings. The zero-order valence-corrected chi connectivity index (χ0v) is 25.1. The number of hydrogen-bond donors (Lipinski definition) is 1. The molecule has 2 aromatic rings. The van der Waals surface area contributed by atoms with Crippen molar-refractivity contribution in [2.45, 2.75) is 72.3 Å². The molecule has 202 valence electrons. The molecule has 1 aromatic carbocycles. The highest BCUT2D eigenvalue weighted by Crippen LogP contribution is 2.46. The summed E-state index contributed by atoms with van der Waals surface area (Å²) in [6.45, 7) is 10.9. The van der Waals surface area contributed by atoms with Crippen LogP contribution in [-0.2, 0) is 14.3 Å². The maximum Gasteiger partial charge on any atom is 0.351 e. The van der Waals surface area contributed by atoms with E-state index in [1.54, 1.807) is 7.11 Å². The van der Waals surface area contributed by atoms with Crippen LogP contribution in [0.25, 0.3) is 10.4 Å². The number of halogens is 1. The molecule has 36 heavy (non-hydrogen) atoms. The highest BCUT2D eigenvalue weighted by atomic mass is 79.9. The summed E-state index contributed by atoms with van der Waals surface area (Å²) in [5, 5.41) is 3.55. The van der Waals surface area contributed by atoms with Gasteiger partial charge in [0.2, 0.25) is 0 Å². The maximum absolute atomic E-state index is 12.1. The van der Waals surface area contributed by atoms with Gasteiger partial charge < -0.3 is 19.5 Å². The van der Waals surface area contributed by atoms with E-state index in [0.717, 1.165) is 28.6 Å². The lowest BCUT2D eigenvalue weighted by Crippen LogP contribution is -2.17. The molecule has 1 aromatic heterocycles. The Morgan fingerprint density at radius 3 is 2.36 bits per heavy atom. The minimum absolute atomic E-state index is 0.0417. The summed E-state index contributed by atoms with van der Waals surface area (Å²) in [5.41, 5.74) is 2.06. The van der Waals surface area contributed by atoms with Crippen molar-refractivity contribution in [3.63, 3.8) is 0 Å². The predicted octanol–water partition coefficient (Wildman–Crippen LogP) is 7.99. The van der Waals surface area contributed by atoms with Gasteiger partial charge in [0, 0.05) is 19.3 Å². The summed E-state index contributed by atoms with van der Waals surface area (Å²) in [7, 11) is 3.04. The van der Waals surface area contributed by atoms with Gasteiger partial charge in [0.1, 0.15) is 6.61 Å². The zero-order valence-electron chi connectivity index (χ0n) is 22.7. The zero-order chi connectivity index (χ0) is 27.1. The summed E-state index contributed by atoms with van der Waals surface area (Å²) in [6, 6.07) is 8.12. The third-order valence-electron chi connectivity index (χ3n) is 5.53. The van der Waals surface area contributed by atoms with Gasteiger partial charge in [-0.3, -0.25) is 4.79 Å². The molecule has 0 radical (unpaired) electrons. The standard InChI is InChI=1S/C21H24BrNO4S.C5H12O.C2H6/c1-26-21(25)20-18(27-11-10-24)17(22)19(28-20)15-8-5-9-16(12-15)23-13-14-6-3-2-4-7-14;1-5(2,3)6-4;1-2/h5,8-10,12,14,23H,2-4,6-7,11,13H2,1H3;1-4H3;1-2H3. The van der Waals surface area contributed by atoms with E-state index in [9.17, 15) is 9.59 Å². The number of aldehydes is 1. The first-order valence-electron chi connectivity index (χ1n) is 12.6. The largest absolute Gasteiger partial charge is 0.483 e. The second kappa shape index (κ2) is 16.8. The summed E-state index contributed by atoms with van der Waals surface area (Å²) < 4.78 is 15.9. The van der Waals surface area contributed by atoms with Crippen molar-refractivity contribution in [3.05, 3.63) is 33.6 Å². The molecule has 8 heteroatoms. The van der Waals surface area contributed by atoms with Crippen LogP contribution in [0.15, 0.2) is 28.7 Å². The minimum atomic E-state index is -0.482. The normalized spacial score (nSPS) is 13.4. The summed E-state index contributed by atoms with van der Waals surface area (Å²) >= 11 is 4.82. The maximum atomic E-state index is 12.1. The van der Waals surface area contributed by atoms with E-state index >= 15 is 0 Å². The predicted molar refractivity (Wildman–Crippen MR) is 154 cm³/mol. The van der Waals surface area contributed by atoms with Crippen LogP contribution in [0.4, 0.5) is 5.69 Å². The Morgan fingerprint density at radius 2 is 1.81 bits per heavy atom. The average Bonchev–Trinajstić information content (AvgIpc) is 3.23. The van der Waals surface area contributed by atoms with E-state index in [-0.39, 0.29) is 12.2 Å². The molecule has 1 N–H and O–H groups in total. The highest BCUT2D eigenvalue weighted by Gasteiger charge is 2.24. The van der Waals surface area contributed by atoms with E-state index in [0.29, 0.717) is 21.4 Å². The van der Waals surface area contributed by atoms with Crippen molar-refractivity contribution >= 4 is 45.2 Å². The lowest BCUT2D eigenvalue weighted by molar-refractivity contribution is -0.109. The number of ether oxygens (including phenoxy) is 3. The number of hydrogen-bond acceptors (Lipinski definition) is 7. The van der Waals surface area contributed by atoms with Crippen molar-refractivity contribution in [2.75, 3.05) is 32.7 Å². The average molecular weight is 585 g/mol. The third kappa shape index (κ3) is 10.6. The van der Waals surface area contributed by atoms with Crippen LogP contribution in [0.1, 0.15) is 76.4 Å². The van der Waals surface area contributed by atoms with Gasteiger partial charge in [-0.2, -0.15) is 0 Å². The number of anilines is 1. The van der Waals surface area contributed by atoms with Crippen molar-refractivity contribution in [3.8, 4) is 16.2 Å². The van der Waals surface area contributed by atoms with Gasteiger partial charge in [0.15, 0.2) is 16.9 Å². The number of nitrogens with one attached hydrogen (secondary N) is 1. The number of rotatable bonds is 8. The second-order valence-electron chi connectivity index (χ2n) is 9.15. The Labute approximate surface area is 229 Å². The molecule has 3 rings (SSSR count). The first kappa shape index (κ1) is 32.1. The van der Waals surface area contributed by atoms with E-state index < -0.39 is 5.97 Å². The number of benzene rings is 1. The number of esters is 1. The van der Waals surface area contributed by atoms with E-state index in [1.165, 1.54) is 50.6 Å². The molecule has 0 aliphatic heterocycles. The van der Waals surface area contributed by atoms with Gasteiger partial charge >= 0.3 is 5.97 Å². The van der Waals surface area contributed by atoms with Crippen LogP contribution < -0.4 is 10.1 Å². The molecule has 0 saturated heterocycles. The van der Waals surface area contributed by atoms with Crippen molar-refractivity contribution < 1.29 is 23.8 Å². The van der Waals surface area contributed by atoms with Crippen LogP contribution in [-0.4, -0.2) is 45.2 Å². The highest BCUT2D eigenvalue weighted by molar-refractivity contribution is 9.10. The fourth-order valence-electron chi connectivity index (χ4n) is 3.48. The van der Waals surface area contributed by atoms with E-state index in [4.69, 9.17) is 14.2 Å². The van der Waals surface area contributed by atoms with Gasteiger partial charge in [-0.15, -0.1) is 11.3 Å². The molecule has 1 heterocycles. The molecule has 1 saturated carbocycles. The van der Waals surface area contributed by atoms with Gasteiger partial charge in [-0.05, 0) is 73.2 Å². The second-order valence-corrected chi connectivity index (χ2v) is 11.0. The molecule has 1 fully saturated rings. The van der Waals surface area contributed by atoms with Crippen LogP contribution in [0, 0.1) is 5.92 Å². The van der Waals surface area contributed by atoms with Crippen LogP contribution in [0.5, 0.6) is 5.75 Å². The van der Waals surface area contributed by atoms with Gasteiger partial charge in [-0.25, -0.2) is 4.79 Å². The Kier molecular flexibility index (Phi) is 15.0. The fourth-order valence-corrected chi connectivity index (χ4v) is 5.45. The molecule has 0 bridgehead atoms. The van der Waals surface area contributed by atoms with Crippen molar-refractivity contribution in [1.82, 2.24) is 0 Å². The summed E-state index contributed by atoms with van der Waals surface area (Å²) in [4.78, 5) is 24.0. The minimum Gasteiger partial charge on any atom is -0.483 e. The van der Waals surface area contributed by atoms with Gasteiger partial charge in [-0.1, -0.05) is 45.2 Å². The molecular formula is C28H42BrNO5S. The quantitative estimate of drug-likeness (QED) is 0.250. The molecule has 1 aliphatic carbocycles. The van der Waals surface area contributed by atoms with E-state index in [1.807, 2.05) is 46.8 Å². The fraction of sp³-hybridized carbons (Fsp3) is 0.571. The smallest absolute Gasteiger partial charge is 0.351 e. The molecule has 0 amide bonds. The summed E-state index contributed by atoms with van der Waals surface area (Å²) in [6.07, 6.45) is 7.25. The number of thiophene rings is 1. The number of carbonyl (C=O) groups is 2. The third-order valence-corrected chi connectivity index (χ3v) is 7.75. The van der Waals surface area contributed by atoms with E-state index in [2.05, 4.69) is 33.4 Å². The number of carbonyl (C=O) groups excluding carboxylic acids is 2. The Hall–Kier alpha value is -1.90. The lowest BCUT2D eigenvalue weighted by atomic mass is 9.89. The van der Waals surface area contributed by atoms with Crippen LogP contribution >= 0.6 is 27.3 Å². The van der Waals surface area contributed by atoms with Crippen molar-refractivity contribution in [1.29, 1.82) is 0 Å². The van der Waals surface area contributed by atoms with Crippen LogP contribution in [0.2, 0.25) is 0 Å². The first-order valence-corrected chi connectivity index (χ1v) is 14.2. The van der Waals surface area contributed by atoms with Gasteiger partial charge in [0.25, 0.3) is 0 Å².